The lowest BCUT2D eigenvalue weighted by molar-refractivity contribution is 0.543. The van der Waals surface area contributed by atoms with Gasteiger partial charge in [0.2, 0.25) is 0 Å². The van der Waals surface area contributed by atoms with Crippen LogP contribution in [0.1, 0.15) is 6.42 Å². The Morgan fingerprint density at radius 1 is 1.67 bits per heavy atom. The molecule has 0 amide bonds. The lowest BCUT2D eigenvalue weighted by Crippen LogP contribution is -1.93. The Hall–Kier alpha value is -1.12. The molecular weight excluding hydrogens is 116 g/mol. The first-order valence-electron chi connectivity index (χ1n) is 2.74. The predicted octanol–water partition coefficient (Wildman–Crippen LogP) is 0.383. The maximum atomic E-state index is 9.74. The molecular formula is C6H7N2O. The van der Waals surface area contributed by atoms with Crippen LogP contribution in [-0.2, 0) is 11.3 Å². The molecule has 1 aromatic heterocycles. The maximum Gasteiger partial charge on any atom is 0.200 e. The summed E-state index contributed by atoms with van der Waals surface area (Å²) in [4.78, 5) is 13.5. The molecule has 0 aromatic carbocycles. The van der Waals surface area contributed by atoms with Crippen molar-refractivity contribution in [3.8, 4) is 0 Å². The van der Waals surface area contributed by atoms with E-state index in [1.807, 2.05) is 17.1 Å². The second kappa shape index (κ2) is 3.02. The Bertz CT molecular complexity index is 169. The zero-order valence-electron chi connectivity index (χ0n) is 4.95. The van der Waals surface area contributed by atoms with Crippen molar-refractivity contribution in [3.63, 3.8) is 0 Å². The fourth-order valence-corrected chi connectivity index (χ4v) is 0.594. The molecule has 1 radical (unpaired) electrons. The number of aromatic nitrogens is 2. The Kier molecular flexibility index (Phi) is 2.01. The fourth-order valence-electron chi connectivity index (χ4n) is 0.594. The first-order valence-corrected chi connectivity index (χ1v) is 2.74. The molecule has 1 rings (SSSR count). The molecule has 0 unspecified atom stereocenters. The second-order valence-corrected chi connectivity index (χ2v) is 1.69. The van der Waals surface area contributed by atoms with Crippen LogP contribution in [0.2, 0.25) is 0 Å². The van der Waals surface area contributed by atoms with Crippen molar-refractivity contribution >= 4 is 6.29 Å². The third-order valence-electron chi connectivity index (χ3n) is 1.03. The van der Waals surface area contributed by atoms with Crippen LogP contribution in [-0.4, -0.2) is 15.8 Å². The van der Waals surface area contributed by atoms with E-state index in [4.69, 9.17) is 0 Å². The highest BCUT2D eigenvalue weighted by molar-refractivity contribution is 5.50. The average Bonchev–Trinajstić information content (AvgIpc) is 2.34. The summed E-state index contributed by atoms with van der Waals surface area (Å²) in [5, 5.41) is 0. The molecule has 1 aromatic rings. The Balaban J connectivity index is 2.38. The van der Waals surface area contributed by atoms with Gasteiger partial charge in [-0.25, -0.2) is 4.98 Å². The third-order valence-corrected chi connectivity index (χ3v) is 1.03. The van der Waals surface area contributed by atoms with Gasteiger partial charge in [0, 0.05) is 25.4 Å². The van der Waals surface area contributed by atoms with Crippen molar-refractivity contribution in [1.82, 2.24) is 9.55 Å². The normalized spacial score (nSPS) is 9.33. The Labute approximate surface area is 53.3 Å². The smallest absolute Gasteiger partial charge is 0.200 e. The molecule has 3 nitrogen and oxygen atoms in total. The van der Waals surface area contributed by atoms with Crippen molar-refractivity contribution in [3.05, 3.63) is 18.7 Å². The summed E-state index contributed by atoms with van der Waals surface area (Å²) >= 11 is 0. The topological polar surface area (TPSA) is 34.9 Å². The van der Waals surface area contributed by atoms with E-state index in [2.05, 4.69) is 4.98 Å². The first-order chi connectivity index (χ1) is 4.43. The predicted molar refractivity (Wildman–Crippen MR) is 32.5 cm³/mol. The highest BCUT2D eigenvalue weighted by Crippen LogP contribution is 1.86. The standard InChI is InChI=1S/C6H7N2O/c9-5-1-3-8-4-2-7-6-8/h2,4,6H,1,3H2. The molecule has 0 atom stereocenters. The van der Waals surface area contributed by atoms with Gasteiger partial charge >= 0.3 is 0 Å². The van der Waals surface area contributed by atoms with Crippen molar-refractivity contribution in [2.75, 3.05) is 0 Å². The van der Waals surface area contributed by atoms with Crippen LogP contribution < -0.4 is 0 Å². The quantitative estimate of drug-likeness (QED) is 0.582. The van der Waals surface area contributed by atoms with E-state index in [1.54, 1.807) is 12.5 Å². The van der Waals surface area contributed by atoms with Gasteiger partial charge in [0.1, 0.15) is 0 Å². The molecule has 0 fully saturated rings. The Morgan fingerprint density at radius 2 is 2.56 bits per heavy atom. The van der Waals surface area contributed by atoms with Gasteiger partial charge in [-0.05, 0) is 0 Å². The second-order valence-electron chi connectivity index (χ2n) is 1.69. The van der Waals surface area contributed by atoms with Gasteiger partial charge in [-0.1, -0.05) is 0 Å². The number of rotatable bonds is 3. The van der Waals surface area contributed by atoms with E-state index in [1.165, 1.54) is 0 Å². The minimum atomic E-state index is 0.441. The van der Waals surface area contributed by atoms with Crippen LogP contribution in [0.3, 0.4) is 0 Å². The highest BCUT2D eigenvalue weighted by Gasteiger charge is 1.86. The molecule has 0 spiro atoms. The number of carbonyl (C=O) groups excluding carboxylic acids is 1. The van der Waals surface area contributed by atoms with Gasteiger partial charge in [0.25, 0.3) is 0 Å². The van der Waals surface area contributed by atoms with Crippen LogP contribution in [0.25, 0.3) is 0 Å². The van der Waals surface area contributed by atoms with E-state index < -0.39 is 0 Å². The number of aryl methyl sites for hydroxylation is 1. The van der Waals surface area contributed by atoms with Gasteiger partial charge < -0.3 is 4.57 Å². The molecule has 0 aliphatic heterocycles. The van der Waals surface area contributed by atoms with Gasteiger partial charge in [-0.3, -0.25) is 4.79 Å². The number of imidazole rings is 1. The van der Waals surface area contributed by atoms with Crippen molar-refractivity contribution in [2.45, 2.75) is 13.0 Å². The summed E-state index contributed by atoms with van der Waals surface area (Å²) in [5.74, 6) is 0. The summed E-state index contributed by atoms with van der Waals surface area (Å²) < 4.78 is 1.84. The van der Waals surface area contributed by atoms with Gasteiger partial charge in [-0.15, -0.1) is 0 Å². The van der Waals surface area contributed by atoms with E-state index in [9.17, 15) is 4.79 Å². The van der Waals surface area contributed by atoms with Gasteiger partial charge in [0.15, 0.2) is 6.29 Å². The van der Waals surface area contributed by atoms with E-state index >= 15 is 0 Å². The molecule has 0 aliphatic carbocycles. The summed E-state index contributed by atoms with van der Waals surface area (Å²) in [7, 11) is 0. The van der Waals surface area contributed by atoms with E-state index in [0.717, 1.165) is 0 Å². The minimum absolute atomic E-state index is 0.441. The number of hydrogen-bond acceptors (Lipinski definition) is 2. The molecule has 0 N–H and O–H groups in total. The summed E-state index contributed by atoms with van der Waals surface area (Å²) in [5.41, 5.74) is 0. The molecule has 0 aliphatic rings. The summed E-state index contributed by atoms with van der Waals surface area (Å²) in [6, 6.07) is 0. The van der Waals surface area contributed by atoms with Crippen LogP contribution >= 0.6 is 0 Å². The van der Waals surface area contributed by atoms with Crippen molar-refractivity contribution < 1.29 is 4.79 Å². The highest BCUT2D eigenvalue weighted by atomic mass is 16.1. The van der Waals surface area contributed by atoms with E-state index in [0.29, 0.717) is 13.0 Å². The van der Waals surface area contributed by atoms with Crippen LogP contribution in [0.4, 0.5) is 0 Å². The van der Waals surface area contributed by atoms with Crippen molar-refractivity contribution in [2.24, 2.45) is 0 Å². The number of hydrogen-bond donors (Lipinski definition) is 0. The molecule has 1 heterocycles. The molecule has 9 heavy (non-hydrogen) atoms. The van der Waals surface area contributed by atoms with Gasteiger partial charge in [-0.2, -0.15) is 0 Å². The average molecular weight is 123 g/mol. The summed E-state index contributed by atoms with van der Waals surface area (Å²) in [6.45, 7) is 0.684. The van der Waals surface area contributed by atoms with E-state index in [-0.39, 0.29) is 0 Å². The molecule has 0 saturated heterocycles. The Morgan fingerprint density at radius 3 is 3.11 bits per heavy atom. The molecule has 0 saturated carbocycles. The zero-order chi connectivity index (χ0) is 6.53. The number of nitrogens with zero attached hydrogens (tertiary/aromatic N) is 2. The third kappa shape index (κ3) is 1.68. The lowest BCUT2D eigenvalue weighted by Gasteiger charge is -1.92. The van der Waals surface area contributed by atoms with Crippen molar-refractivity contribution in [1.29, 1.82) is 0 Å². The maximum absolute atomic E-state index is 9.74. The van der Waals surface area contributed by atoms with Crippen LogP contribution in [0.15, 0.2) is 18.7 Å². The monoisotopic (exact) mass is 123 g/mol. The fraction of sp³-hybridized carbons (Fsp3) is 0.333. The minimum Gasteiger partial charge on any atom is -0.337 e. The zero-order valence-corrected chi connectivity index (χ0v) is 4.95. The SMILES string of the molecule is O=[C]CCn1ccnc1. The van der Waals surface area contributed by atoms with Crippen LogP contribution in [0, 0.1) is 0 Å². The van der Waals surface area contributed by atoms with Gasteiger partial charge in [0.05, 0.1) is 6.33 Å². The lowest BCUT2D eigenvalue weighted by atomic mass is 10.5. The molecule has 3 heteroatoms. The molecule has 47 valence electrons. The summed E-state index contributed by atoms with van der Waals surface area (Å²) in [6.07, 6.45) is 7.43. The largest absolute Gasteiger partial charge is 0.337 e. The molecule has 0 bridgehead atoms. The first kappa shape index (κ1) is 6.01. The van der Waals surface area contributed by atoms with Crippen LogP contribution in [0.5, 0.6) is 0 Å².